The Morgan fingerprint density at radius 1 is 0.884 bits per heavy atom. The topological polar surface area (TPSA) is 54.5 Å². The molecule has 7 nitrogen and oxygen atoms in total. The van der Waals surface area contributed by atoms with Crippen LogP contribution in [0.1, 0.15) is 30.9 Å². The van der Waals surface area contributed by atoms with Crippen molar-refractivity contribution in [2.75, 3.05) is 72.0 Å². The molecule has 0 radical (unpaired) electrons. The Labute approximate surface area is 261 Å². The van der Waals surface area contributed by atoms with E-state index in [-0.39, 0.29) is 6.04 Å². The van der Waals surface area contributed by atoms with Crippen LogP contribution in [0.3, 0.4) is 0 Å². The number of hydrogen-bond acceptors (Lipinski definition) is 8. The van der Waals surface area contributed by atoms with Gasteiger partial charge in [0, 0.05) is 56.3 Å². The van der Waals surface area contributed by atoms with Crippen molar-refractivity contribution in [3.8, 4) is 17.2 Å². The lowest BCUT2D eigenvalue weighted by molar-refractivity contribution is -0.109. The number of hydrogen-bond donors (Lipinski definition) is 0. The van der Waals surface area contributed by atoms with E-state index in [4.69, 9.17) is 14.2 Å². The molecule has 3 aromatic carbocycles. The summed E-state index contributed by atoms with van der Waals surface area (Å²) in [6.45, 7) is 9.35. The smallest absolute Gasteiger partial charge is 0.144 e. The van der Waals surface area contributed by atoms with E-state index in [0.717, 1.165) is 93.3 Å². The molecule has 0 aliphatic carbocycles. The average molecular weight is 604 g/mol. The number of unbranched alkanes of at least 4 members (excludes halogenated alkanes) is 1. The van der Waals surface area contributed by atoms with Crippen LogP contribution in [0.15, 0.2) is 71.6 Å². The summed E-state index contributed by atoms with van der Waals surface area (Å²) >= 11 is 1.76. The SMILES string of the molecule is COc1cc(CCN2CCN(CCCCOc3ccccc3C3(C)Sc4ccccc4N(C)C3C=O)CC2)cc(OC)c1. The fourth-order valence-corrected chi connectivity index (χ4v) is 7.77. The molecule has 0 spiro atoms. The van der Waals surface area contributed by atoms with Crippen molar-refractivity contribution in [2.24, 2.45) is 0 Å². The van der Waals surface area contributed by atoms with Crippen LogP contribution in [0.5, 0.6) is 17.2 Å². The van der Waals surface area contributed by atoms with Gasteiger partial charge in [-0.2, -0.15) is 0 Å². The monoisotopic (exact) mass is 603 g/mol. The number of carbonyl (C=O) groups excluding carboxylic acids is 1. The standard InChI is InChI=1S/C35H45N3O4S/c1-35(34(26-39)36(2)31-12-6-8-14-33(31)43-35)30-11-5-7-13-32(30)42-22-10-9-16-37-18-20-38(21-19-37)17-15-27-23-28(40-3)25-29(24-27)41-4/h5-8,11-14,23-26,34H,9-10,15-22H2,1-4H3. The van der Waals surface area contributed by atoms with Crippen molar-refractivity contribution in [3.63, 3.8) is 0 Å². The van der Waals surface area contributed by atoms with Crippen LogP contribution in [0.2, 0.25) is 0 Å². The normalized spacial score (nSPS) is 20.8. The van der Waals surface area contributed by atoms with Gasteiger partial charge in [-0.25, -0.2) is 0 Å². The summed E-state index contributed by atoms with van der Waals surface area (Å²) in [6, 6.07) is 22.4. The molecule has 1 fully saturated rings. The highest BCUT2D eigenvalue weighted by molar-refractivity contribution is 8.00. The number of carbonyl (C=O) groups is 1. The van der Waals surface area contributed by atoms with Crippen molar-refractivity contribution < 1.29 is 19.0 Å². The number of anilines is 1. The third kappa shape index (κ3) is 7.31. The molecule has 43 heavy (non-hydrogen) atoms. The number of piperazine rings is 1. The van der Waals surface area contributed by atoms with E-state index in [0.29, 0.717) is 6.61 Å². The van der Waals surface area contributed by atoms with Crippen LogP contribution in [-0.4, -0.2) is 89.3 Å². The van der Waals surface area contributed by atoms with Crippen LogP contribution in [0, 0.1) is 0 Å². The highest BCUT2D eigenvalue weighted by Gasteiger charge is 2.45. The maximum absolute atomic E-state index is 12.4. The number of para-hydroxylation sites is 2. The maximum atomic E-state index is 12.4. The minimum Gasteiger partial charge on any atom is -0.497 e. The molecule has 2 atom stereocenters. The lowest BCUT2D eigenvalue weighted by Crippen LogP contribution is -2.49. The Balaban J connectivity index is 1.07. The van der Waals surface area contributed by atoms with Gasteiger partial charge in [-0.15, -0.1) is 11.8 Å². The molecular formula is C35H45N3O4S. The molecule has 2 unspecified atom stereocenters. The summed E-state index contributed by atoms with van der Waals surface area (Å²) in [7, 11) is 5.40. The van der Waals surface area contributed by atoms with Gasteiger partial charge in [0.1, 0.15) is 29.6 Å². The number of rotatable bonds is 13. The third-order valence-electron chi connectivity index (χ3n) is 8.82. The minimum atomic E-state index is -0.459. The molecule has 2 heterocycles. The molecule has 8 heteroatoms. The molecule has 2 aliphatic heterocycles. The van der Waals surface area contributed by atoms with Crippen molar-refractivity contribution in [2.45, 2.75) is 41.9 Å². The van der Waals surface area contributed by atoms with Crippen LogP contribution in [-0.2, 0) is 16.0 Å². The predicted octanol–water partition coefficient (Wildman–Crippen LogP) is 5.75. The van der Waals surface area contributed by atoms with Crippen LogP contribution in [0.4, 0.5) is 5.69 Å². The van der Waals surface area contributed by atoms with Crippen molar-refractivity contribution in [1.29, 1.82) is 0 Å². The fraction of sp³-hybridized carbons (Fsp3) is 0.457. The quantitative estimate of drug-likeness (QED) is 0.181. The van der Waals surface area contributed by atoms with Gasteiger partial charge in [-0.3, -0.25) is 0 Å². The molecule has 0 aromatic heterocycles. The summed E-state index contributed by atoms with van der Waals surface area (Å²) < 4.78 is 16.8. The Hall–Kier alpha value is -3.20. The second kappa shape index (κ2) is 14.5. The van der Waals surface area contributed by atoms with Crippen LogP contribution >= 0.6 is 11.8 Å². The molecule has 0 amide bonds. The predicted molar refractivity (Wildman–Crippen MR) is 175 cm³/mol. The van der Waals surface area contributed by atoms with E-state index in [1.165, 1.54) is 10.5 Å². The zero-order valence-electron chi connectivity index (χ0n) is 26.0. The zero-order chi connectivity index (χ0) is 30.2. The maximum Gasteiger partial charge on any atom is 0.144 e. The van der Waals surface area contributed by atoms with E-state index in [1.54, 1.807) is 26.0 Å². The first-order valence-electron chi connectivity index (χ1n) is 15.3. The largest absolute Gasteiger partial charge is 0.497 e. The van der Waals surface area contributed by atoms with Gasteiger partial charge >= 0.3 is 0 Å². The number of benzene rings is 3. The Morgan fingerprint density at radius 3 is 2.23 bits per heavy atom. The Bertz CT molecular complexity index is 1340. The molecule has 0 bridgehead atoms. The van der Waals surface area contributed by atoms with Crippen molar-refractivity contribution in [1.82, 2.24) is 9.80 Å². The highest BCUT2D eigenvalue weighted by Crippen LogP contribution is 2.54. The molecule has 2 aliphatic rings. The molecule has 1 saturated heterocycles. The van der Waals surface area contributed by atoms with Gasteiger partial charge in [0.25, 0.3) is 0 Å². The van der Waals surface area contributed by atoms with E-state index >= 15 is 0 Å². The van der Waals surface area contributed by atoms with Crippen molar-refractivity contribution in [3.05, 3.63) is 77.9 Å². The van der Waals surface area contributed by atoms with E-state index in [1.807, 2.05) is 37.4 Å². The van der Waals surface area contributed by atoms with Crippen LogP contribution < -0.4 is 19.1 Å². The first kappa shape index (κ1) is 31.2. The lowest BCUT2D eigenvalue weighted by Gasteiger charge is -2.46. The lowest BCUT2D eigenvalue weighted by atomic mass is 9.90. The fourth-order valence-electron chi connectivity index (χ4n) is 6.24. The molecular weight excluding hydrogens is 558 g/mol. The van der Waals surface area contributed by atoms with E-state index in [9.17, 15) is 4.79 Å². The van der Waals surface area contributed by atoms with Gasteiger partial charge < -0.3 is 33.7 Å². The molecule has 230 valence electrons. The number of likely N-dealkylation sites (N-methyl/N-ethyl adjacent to an activating group) is 1. The number of fused-ring (bicyclic) bond motifs is 1. The van der Waals surface area contributed by atoms with Gasteiger partial charge in [0.05, 0.1) is 31.3 Å². The highest BCUT2D eigenvalue weighted by atomic mass is 32.2. The molecule has 0 N–H and O–H groups in total. The van der Waals surface area contributed by atoms with Gasteiger partial charge in [-0.05, 0) is 68.6 Å². The minimum absolute atomic E-state index is 0.297. The van der Waals surface area contributed by atoms with Crippen molar-refractivity contribution >= 4 is 23.7 Å². The zero-order valence-corrected chi connectivity index (χ0v) is 26.8. The number of ether oxygens (including phenoxy) is 3. The van der Waals surface area contributed by atoms with Gasteiger partial charge in [-0.1, -0.05) is 30.3 Å². The summed E-state index contributed by atoms with van der Waals surface area (Å²) in [5.41, 5.74) is 3.41. The first-order chi connectivity index (χ1) is 20.9. The summed E-state index contributed by atoms with van der Waals surface area (Å²) in [5.74, 6) is 2.56. The first-order valence-corrected chi connectivity index (χ1v) is 16.1. The number of nitrogens with zero attached hydrogens (tertiary/aromatic N) is 3. The Kier molecular flexibility index (Phi) is 10.5. The molecule has 5 rings (SSSR count). The second-order valence-corrected chi connectivity index (χ2v) is 13.1. The number of aldehydes is 1. The van der Waals surface area contributed by atoms with E-state index < -0.39 is 4.75 Å². The molecule has 0 saturated carbocycles. The van der Waals surface area contributed by atoms with E-state index in [2.05, 4.69) is 58.0 Å². The second-order valence-electron chi connectivity index (χ2n) is 11.6. The third-order valence-corrected chi connectivity index (χ3v) is 10.3. The van der Waals surface area contributed by atoms with Crippen LogP contribution in [0.25, 0.3) is 0 Å². The van der Waals surface area contributed by atoms with Gasteiger partial charge in [0.15, 0.2) is 0 Å². The van der Waals surface area contributed by atoms with Gasteiger partial charge in [0.2, 0.25) is 0 Å². The Morgan fingerprint density at radius 2 is 1.53 bits per heavy atom. The number of thioether (sulfide) groups is 1. The molecule has 3 aromatic rings. The average Bonchev–Trinajstić information content (AvgIpc) is 3.04. The summed E-state index contributed by atoms with van der Waals surface area (Å²) in [6.07, 6.45) is 4.16. The summed E-state index contributed by atoms with van der Waals surface area (Å²) in [4.78, 5) is 20.8. The summed E-state index contributed by atoms with van der Waals surface area (Å²) in [5, 5.41) is 0. The number of methoxy groups -OCH3 is 2.